The number of hydrogen-bond acceptors (Lipinski definition) is 5. The lowest BCUT2D eigenvalue weighted by Crippen LogP contribution is -2.42. The lowest BCUT2D eigenvalue weighted by molar-refractivity contribution is -0.152. The molecular weight excluding hydrogens is 398 g/mol. The Hall–Kier alpha value is -2.61. The molecule has 1 heterocycles. The third kappa shape index (κ3) is 7.38. The predicted octanol–water partition coefficient (Wildman–Crippen LogP) is 2.10. The molecule has 1 aliphatic rings. The molecule has 9 heteroatoms. The van der Waals surface area contributed by atoms with Crippen molar-refractivity contribution in [3.63, 3.8) is 0 Å². The molecule has 0 radical (unpaired) electrons. The number of rotatable bonds is 8. The van der Waals surface area contributed by atoms with E-state index in [1.807, 2.05) is 26.0 Å². The van der Waals surface area contributed by atoms with Crippen molar-refractivity contribution >= 4 is 35.4 Å². The number of esters is 1. The van der Waals surface area contributed by atoms with Gasteiger partial charge in [0, 0.05) is 31.1 Å². The Balaban J connectivity index is 1.74. The number of carbonyl (C=O) groups is 4. The van der Waals surface area contributed by atoms with Gasteiger partial charge < -0.3 is 15.0 Å². The van der Waals surface area contributed by atoms with Crippen LogP contribution in [-0.4, -0.2) is 48.4 Å². The van der Waals surface area contributed by atoms with Gasteiger partial charge in [-0.25, -0.2) is 4.79 Å². The van der Waals surface area contributed by atoms with E-state index in [1.54, 1.807) is 12.1 Å². The molecule has 1 atom stereocenters. The molecule has 2 rings (SSSR count). The number of nitrogens with zero attached hydrogens (tertiary/aromatic N) is 1. The van der Waals surface area contributed by atoms with E-state index in [0.717, 1.165) is 12.0 Å². The minimum atomic E-state index is -0.724. The summed E-state index contributed by atoms with van der Waals surface area (Å²) in [5, 5.41) is 5.20. The Labute approximate surface area is 174 Å². The number of likely N-dealkylation sites (tertiary alicyclic amines) is 1. The van der Waals surface area contributed by atoms with Crippen LogP contribution in [0, 0.1) is 11.8 Å². The van der Waals surface area contributed by atoms with Crippen molar-refractivity contribution < 1.29 is 23.9 Å². The van der Waals surface area contributed by atoms with E-state index >= 15 is 0 Å². The maximum Gasteiger partial charge on any atom is 0.321 e. The normalized spacial score (nSPS) is 16.1. The fraction of sp³-hybridized carbons (Fsp3) is 0.500. The molecule has 0 spiro atoms. The summed E-state index contributed by atoms with van der Waals surface area (Å²) >= 11 is 6.12. The molecule has 4 amide bonds. The van der Waals surface area contributed by atoms with E-state index in [2.05, 4.69) is 10.6 Å². The second-order valence-electron chi connectivity index (χ2n) is 7.36. The molecule has 2 N–H and O–H groups in total. The highest BCUT2D eigenvalue weighted by Gasteiger charge is 2.35. The van der Waals surface area contributed by atoms with Crippen LogP contribution in [-0.2, 0) is 25.7 Å². The summed E-state index contributed by atoms with van der Waals surface area (Å²) in [7, 11) is 0. The van der Waals surface area contributed by atoms with Gasteiger partial charge in [-0.15, -0.1) is 0 Å². The van der Waals surface area contributed by atoms with Crippen LogP contribution in [0.25, 0.3) is 0 Å². The molecule has 8 nitrogen and oxygen atoms in total. The molecule has 0 saturated carbocycles. The minimum Gasteiger partial charge on any atom is -0.455 e. The summed E-state index contributed by atoms with van der Waals surface area (Å²) in [4.78, 5) is 49.2. The average molecular weight is 424 g/mol. The number of nitrogens with one attached hydrogen (secondary N) is 2. The van der Waals surface area contributed by atoms with Gasteiger partial charge in [0.1, 0.15) is 0 Å². The van der Waals surface area contributed by atoms with Gasteiger partial charge in [0.05, 0.1) is 5.92 Å². The SMILES string of the molecule is CC(C)CCNC(=O)NC(=O)COC(=O)[C@H]1CC(=O)N(Cc2ccccc2Cl)C1. The van der Waals surface area contributed by atoms with Crippen LogP contribution in [0.5, 0.6) is 0 Å². The van der Waals surface area contributed by atoms with Crippen molar-refractivity contribution in [1.29, 1.82) is 0 Å². The Morgan fingerprint density at radius 3 is 2.69 bits per heavy atom. The molecule has 158 valence electrons. The van der Waals surface area contributed by atoms with E-state index in [9.17, 15) is 19.2 Å². The van der Waals surface area contributed by atoms with Crippen LogP contribution in [0.2, 0.25) is 5.02 Å². The number of ether oxygens (including phenoxy) is 1. The Morgan fingerprint density at radius 1 is 1.28 bits per heavy atom. The fourth-order valence-corrected chi connectivity index (χ4v) is 3.05. The number of carbonyl (C=O) groups excluding carboxylic acids is 4. The largest absolute Gasteiger partial charge is 0.455 e. The quantitative estimate of drug-likeness (QED) is 0.623. The van der Waals surface area contributed by atoms with Crippen molar-refractivity contribution in [3.8, 4) is 0 Å². The number of urea groups is 1. The van der Waals surface area contributed by atoms with Crippen LogP contribution in [0.15, 0.2) is 24.3 Å². The van der Waals surface area contributed by atoms with Crippen molar-refractivity contribution in [2.45, 2.75) is 33.2 Å². The monoisotopic (exact) mass is 423 g/mol. The first-order chi connectivity index (χ1) is 13.8. The average Bonchev–Trinajstić information content (AvgIpc) is 3.02. The molecular formula is C20H26ClN3O5. The first-order valence-electron chi connectivity index (χ1n) is 9.51. The standard InChI is InChI=1S/C20H26ClN3O5/c1-13(2)7-8-22-20(28)23-17(25)12-29-19(27)15-9-18(26)24(11-15)10-14-5-3-4-6-16(14)21/h3-6,13,15H,7-12H2,1-2H3,(H2,22,23,25,28)/t15-/m0/s1. The van der Waals surface area contributed by atoms with Crippen LogP contribution in [0.4, 0.5) is 4.79 Å². The molecule has 0 aliphatic carbocycles. The summed E-state index contributed by atoms with van der Waals surface area (Å²) in [5.74, 6) is -1.77. The van der Waals surface area contributed by atoms with Gasteiger partial charge in [-0.2, -0.15) is 0 Å². The zero-order chi connectivity index (χ0) is 21.4. The van der Waals surface area contributed by atoms with Gasteiger partial charge in [0.15, 0.2) is 6.61 Å². The number of benzene rings is 1. The van der Waals surface area contributed by atoms with Gasteiger partial charge in [-0.1, -0.05) is 43.6 Å². The van der Waals surface area contributed by atoms with Crippen molar-refractivity contribution in [3.05, 3.63) is 34.9 Å². The highest BCUT2D eigenvalue weighted by atomic mass is 35.5. The van der Waals surface area contributed by atoms with Crippen LogP contribution < -0.4 is 10.6 Å². The lowest BCUT2D eigenvalue weighted by atomic mass is 10.1. The maximum atomic E-state index is 12.2. The summed E-state index contributed by atoms with van der Waals surface area (Å²) in [6, 6.07) is 6.55. The molecule has 0 unspecified atom stereocenters. The number of halogens is 1. The van der Waals surface area contributed by atoms with Crippen LogP contribution >= 0.6 is 11.6 Å². The molecule has 1 aliphatic heterocycles. The van der Waals surface area contributed by atoms with Gasteiger partial charge in [-0.05, 0) is 24.0 Å². The zero-order valence-electron chi connectivity index (χ0n) is 16.6. The molecule has 1 aromatic carbocycles. The predicted molar refractivity (Wildman–Crippen MR) is 107 cm³/mol. The Kier molecular flexibility index (Phi) is 8.45. The third-order valence-corrected chi connectivity index (χ3v) is 4.84. The van der Waals surface area contributed by atoms with Gasteiger partial charge >= 0.3 is 12.0 Å². The summed E-state index contributed by atoms with van der Waals surface area (Å²) < 4.78 is 4.97. The lowest BCUT2D eigenvalue weighted by Gasteiger charge is -2.17. The Bertz CT molecular complexity index is 768. The zero-order valence-corrected chi connectivity index (χ0v) is 17.3. The summed E-state index contributed by atoms with van der Waals surface area (Å²) in [5.41, 5.74) is 0.791. The highest BCUT2D eigenvalue weighted by molar-refractivity contribution is 6.31. The second-order valence-corrected chi connectivity index (χ2v) is 7.77. The van der Waals surface area contributed by atoms with Crippen LogP contribution in [0.1, 0.15) is 32.3 Å². The second kappa shape index (κ2) is 10.8. The van der Waals surface area contributed by atoms with Gasteiger partial charge in [0.2, 0.25) is 5.91 Å². The van der Waals surface area contributed by atoms with Gasteiger partial charge in [-0.3, -0.25) is 19.7 Å². The van der Waals surface area contributed by atoms with Crippen LogP contribution in [0.3, 0.4) is 0 Å². The smallest absolute Gasteiger partial charge is 0.321 e. The summed E-state index contributed by atoms with van der Waals surface area (Å²) in [6.45, 7) is 4.41. The summed E-state index contributed by atoms with van der Waals surface area (Å²) in [6.07, 6.45) is 0.803. The fourth-order valence-electron chi connectivity index (χ4n) is 2.85. The van der Waals surface area contributed by atoms with E-state index in [-0.39, 0.29) is 18.9 Å². The Morgan fingerprint density at radius 2 is 2.00 bits per heavy atom. The van der Waals surface area contributed by atoms with Crippen molar-refractivity contribution in [1.82, 2.24) is 15.5 Å². The highest BCUT2D eigenvalue weighted by Crippen LogP contribution is 2.24. The molecule has 0 bridgehead atoms. The van der Waals surface area contributed by atoms with Gasteiger partial charge in [0.25, 0.3) is 5.91 Å². The molecule has 0 aromatic heterocycles. The molecule has 1 fully saturated rings. The van der Waals surface area contributed by atoms with E-state index in [4.69, 9.17) is 16.3 Å². The number of hydrogen-bond donors (Lipinski definition) is 2. The van der Waals surface area contributed by atoms with Crippen molar-refractivity contribution in [2.75, 3.05) is 19.7 Å². The van der Waals surface area contributed by atoms with E-state index < -0.39 is 30.4 Å². The molecule has 1 saturated heterocycles. The number of imide groups is 1. The number of amides is 4. The third-order valence-electron chi connectivity index (χ3n) is 4.47. The molecule has 1 aromatic rings. The van der Waals surface area contributed by atoms with E-state index in [0.29, 0.717) is 24.0 Å². The minimum absolute atomic E-state index is 0.0145. The molecule has 29 heavy (non-hydrogen) atoms. The topological polar surface area (TPSA) is 105 Å². The first-order valence-corrected chi connectivity index (χ1v) is 9.89. The maximum absolute atomic E-state index is 12.2. The van der Waals surface area contributed by atoms with E-state index in [1.165, 1.54) is 4.90 Å². The van der Waals surface area contributed by atoms with Crippen molar-refractivity contribution in [2.24, 2.45) is 11.8 Å². The first kappa shape index (κ1) is 22.7.